The van der Waals surface area contributed by atoms with Crippen LogP contribution in [0.2, 0.25) is 0 Å². The van der Waals surface area contributed by atoms with Gasteiger partial charge in [0.2, 0.25) is 5.91 Å². The Bertz CT molecular complexity index is 1140. The molecule has 2 amide bonds. The Balaban J connectivity index is 1.64. The Morgan fingerprint density at radius 1 is 1.16 bits per heavy atom. The smallest absolute Gasteiger partial charge is 0.358 e. The van der Waals surface area contributed by atoms with Gasteiger partial charge in [-0.3, -0.25) is 14.3 Å². The van der Waals surface area contributed by atoms with Crippen LogP contribution in [0.4, 0.5) is 0 Å². The molecule has 3 unspecified atom stereocenters. The lowest BCUT2D eigenvalue weighted by Crippen LogP contribution is -2.64. The van der Waals surface area contributed by atoms with Gasteiger partial charge in [-0.05, 0) is 63.6 Å². The number of carbonyl (C=O) groups excluding carboxylic acids is 3. The summed E-state index contributed by atoms with van der Waals surface area (Å²) in [6.07, 6.45) is 5.21. The SMILES string of the molecule is COC(=O)c1cc2n(n1)CC(C)(C(=O)NC1CCCC(C)CC1)N(Cc1ccc(OC(C)C)cc1)C2=O. The molecule has 0 radical (unpaired) electrons. The number of aromatic nitrogens is 2. The molecule has 1 aliphatic heterocycles. The van der Waals surface area contributed by atoms with E-state index in [0.717, 1.165) is 43.4 Å². The Hall–Kier alpha value is -3.36. The number of hydrogen-bond donors (Lipinski definition) is 1. The molecule has 0 saturated heterocycles. The fourth-order valence-corrected chi connectivity index (χ4v) is 5.19. The molecule has 2 heterocycles. The summed E-state index contributed by atoms with van der Waals surface area (Å²) in [5, 5.41) is 7.54. The molecular formula is C28H38N4O5. The highest BCUT2D eigenvalue weighted by Gasteiger charge is 2.48. The lowest BCUT2D eigenvalue weighted by molar-refractivity contribution is -0.134. The van der Waals surface area contributed by atoms with Crippen LogP contribution in [0.3, 0.4) is 0 Å². The number of benzene rings is 1. The lowest BCUT2D eigenvalue weighted by Gasteiger charge is -2.44. The molecule has 1 saturated carbocycles. The van der Waals surface area contributed by atoms with Gasteiger partial charge in [0, 0.05) is 18.7 Å². The number of hydrogen-bond acceptors (Lipinski definition) is 6. The third-order valence-electron chi connectivity index (χ3n) is 7.41. The number of esters is 1. The number of amides is 2. The molecule has 0 spiro atoms. The first-order chi connectivity index (χ1) is 17.6. The number of nitrogens with one attached hydrogen (secondary N) is 1. The van der Waals surface area contributed by atoms with E-state index in [4.69, 9.17) is 9.47 Å². The maximum absolute atomic E-state index is 13.9. The first-order valence-corrected chi connectivity index (χ1v) is 13.2. The van der Waals surface area contributed by atoms with Gasteiger partial charge in [0.1, 0.15) is 17.0 Å². The highest BCUT2D eigenvalue weighted by Crippen LogP contribution is 2.31. The number of methoxy groups -OCH3 is 1. The Morgan fingerprint density at radius 3 is 2.57 bits per heavy atom. The van der Waals surface area contributed by atoms with E-state index in [-0.39, 0.29) is 48.4 Å². The molecule has 9 nitrogen and oxygen atoms in total. The van der Waals surface area contributed by atoms with E-state index >= 15 is 0 Å². The van der Waals surface area contributed by atoms with Crippen molar-refractivity contribution in [1.82, 2.24) is 20.0 Å². The average Bonchev–Trinajstić information content (AvgIpc) is 3.18. The first-order valence-electron chi connectivity index (χ1n) is 13.2. The summed E-state index contributed by atoms with van der Waals surface area (Å²) in [5.41, 5.74) is -0.0285. The van der Waals surface area contributed by atoms with Crippen LogP contribution >= 0.6 is 0 Å². The Morgan fingerprint density at radius 2 is 1.89 bits per heavy atom. The molecule has 9 heteroatoms. The van der Waals surface area contributed by atoms with Crippen LogP contribution in [0.25, 0.3) is 0 Å². The fourth-order valence-electron chi connectivity index (χ4n) is 5.19. The van der Waals surface area contributed by atoms with Crippen LogP contribution in [0.1, 0.15) is 86.3 Å². The maximum Gasteiger partial charge on any atom is 0.358 e. The molecule has 1 aromatic heterocycles. The van der Waals surface area contributed by atoms with Crippen molar-refractivity contribution in [3.8, 4) is 5.75 Å². The summed E-state index contributed by atoms with van der Waals surface area (Å²) in [6, 6.07) is 9.05. The molecule has 2 aliphatic rings. The second-order valence-corrected chi connectivity index (χ2v) is 10.8. The molecule has 200 valence electrons. The summed E-state index contributed by atoms with van der Waals surface area (Å²) in [5.74, 6) is 0.203. The zero-order chi connectivity index (χ0) is 26.7. The van der Waals surface area contributed by atoms with Gasteiger partial charge >= 0.3 is 5.97 Å². The molecular weight excluding hydrogens is 472 g/mol. The molecule has 1 fully saturated rings. The maximum atomic E-state index is 13.9. The third kappa shape index (κ3) is 5.81. The van der Waals surface area contributed by atoms with E-state index in [1.807, 2.05) is 38.1 Å². The number of carbonyl (C=O) groups is 3. The summed E-state index contributed by atoms with van der Waals surface area (Å²) in [7, 11) is 1.27. The Labute approximate surface area is 218 Å². The van der Waals surface area contributed by atoms with Gasteiger partial charge in [-0.1, -0.05) is 31.9 Å². The molecule has 1 N–H and O–H groups in total. The lowest BCUT2D eigenvalue weighted by atomic mass is 9.93. The van der Waals surface area contributed by atoms with Gasteiger partial charge in [0.25, 0.3) is 5.91 Å². The van der Waals surface area contributed by atoms with Gasteiger partial charge in [0.05, 0.1) is 19.8 Å². The molecule has 1 aliphatic carbocycles. The predicted octanol–water partition coefficient (Wildman–Crippen LogP) is 3.96. The van der Waals surface area contributed by atoms with E-state index in [0.29, 0.717) is 5.92 Å². The van der Waals surface area contributed by atoms with Crippen molar-refractivity contribution in [1.29, 1.82) is 0 Å². The second-order valence-electron chi connectivity index (χ2n) is 10.8. The van der Waals surface area contributed by atoms with Gasteiger partial charge in [-0.25, -0.2) is 4.79 Å². The van der Waals surface area contributed by atoms with Crippen LogP contribution < -0.4 is 10.1 Å². The van der Waals surface area contributed by atoms with Gasteiger partial charge in [-0.15, -0.1) is 0 Å². The summed E-state index contributed by atoms with van der Waals surface area (Å²) in [6.45, 7) is 8.32. The third-order valence-corrected chi connectivity index (χ3v) is 7.41. The fraction of sp³-hybridized carbons (Fsp3) is 0.571. The van der Waals surface area contributed by atoms with Crippen LogP contribution in [0.5, 0.6) is 5.75 Å². The molecule has 3 atom stereocenters. The van der Waals surface area contributed by atoms with Crippen molar-refractivity contribution in [2.24, 2.45) is 5.92 Å². The first kappa shape index (κ1) is 26.7. The van der Waals surface area contributed by atoms with Gasteiger partial charge in [0.15, 0.2) is 5.69 Å². The minimum atomic E-state index is -1.20. The standard InChI is InChI=1S/C28H38N4O5/c1-18(2)37-22-13-10-20(11-14-22)16-31-25(33)24-15-23(26(34)36-5)30-32(24)17-28(31,4)27(35)29-21-8-6-7-19(3)9-12-21/h10-11,13-15,18-19,21H,6-9,12,16-17H2,1-5H3,(H,29,35). The summed E-state index contributed by atoms with van der Waals surface area (Å²) < 4.78 is 12.0. The normalized spacial score (nSPS) is 23.8. The topological polar surface area (TPSA) is 103 Å². The highest BCUT2D eigenvalue weighted by atomic mass is 16.5. The molecule has 4 rings (SSSR count). The van der Waals surface area contributed by atoms with Crippen molar-refractivity contribution in [2.75, 3.05) is 7.11 Å². The van der Waals surface area contributed by atoms with Crippen LogP contribution in [-0.2, 0) is 22.6 Å². The molecule has 0 bridgehead atoms. The van der Waals surface area contributed by atoms with Crippen molar-refractivity contribution in [3.05, 3.63) is 47.3 Å². The van der Waals surface area contributed by atoms with E-state index in [1.54, 1.807) is 11.8 Å². The zero-order valence-corrected chi connectivity index (χ0v) is 22.5. The molecule has 2 aromatic rings. The molecule has 37 heavy (non-hydrogen) atoms. The number of rotatable bonds is 7. The van der Waals surface area contributed by atoms with Crippen molar-refractivity contribution in [2.45, 2.75) is 90.6 Å². The number of nitrogens with zero attached hydrogens (tertiary/aromatic N) is 3. The second kappa shape index (κ2) is 10.9. The largest absolute Gasteiger partial charge is 0.491 e. The minimum absolute atomic E-state index is 0.0448. The van der Waals surface area contributed by atoms with Gasteiger partial charge < -0.3 is 19.7 Å². The number of fused-ring (bicyclic) bond motifs is 1. The summed E-state index contributed by atoms with van der Waals surface area (Å²) in [4.78, 5) is 41.3. The quantitative estimate of drug-likeness (QED) is 0.447. The molecule has 1 aromatic carbocycles. The van der Waals surface area contributed by atoms with Crippen molar-refractivity contribution < 1.29 is 23.9 Å². The number of ether oxygens (including phenoxy) is 2. The van der Waals surface area contributed by atoms with E-state index in [1.165, 1.54) is 17.9 Å². The van der Waals surface area contributed by atoms with Crippen molar-refractivity contribution in [3.63, 3.8) is 0 Å². The van der Waals surface area contributed by atoms with E-state index < -0.39 is 11.5 Å². The summed E-state index contributed by atoms with van der Waals surface area (Å²) >= 11 is 0. The zero-order valence-electron chi connectivity index (χ0n) is 22.5. The van der Waals surface area contributed by atoms with E-state index in [2.05, 4.69) is 17.3 Å². The van der Waals surface area contributed by atoms with Gasteiger partial charge in [-0.2, -0.15) is 5.10 Å². The van der Waals surface area contributed by atoms with Crippen molar-refractivity contribution >= 4 is 17.8 Å². The minimum Gasteiger partial charge on any atom is -0.491 e. The predicted molar refractivity (Wildman–Crippen MR) is 138 cm³/mol. The Kier molecular flexibility index (Phi) is 7.90. The van der Waals surface area contributed by atoms with E-state index in [9.17, 15) is 14.4 Å². The average molecular weight is 511 g/mol. The van der Waals surface area contributed by atoms with Crippen LogP contribution in [0.15, 0.2) is 30.3 Å². The monoisotopic (exact) mass is 510 g/mol. The van der Waals surface area contributed by atoms with Crippen LogP contribution in [-0.4, -0.2) is 57.3 Å². The highest BCUT2D eigenvalue weighted by molar-refractivity contribution is 6.01. The van der Waals surface area contributed by atoms with Crippen LogP contribution in [0, 0.1) is 5.92 Å².